The highest BCUT2D eigenvalue weighted by Gasteiger charge is 2.53. The smallest absolute Gasteiger partial charge is 0.226 e. The van der Waals surface area contributed by atoms with Crippen molar-refractivity contribution in [1.29, 1.82) is 0 Å². The molecule has 0 aromatic carbocycles. The van der Waals surface area contributed by atoms with E-state index in [0.717, 1.165) is 0 Å². The lowest BCUT2D eigenvalue weighted by atomic mass is 9.56. The van der Waals surface area contributed by atoms with Gasteiger partial charge >= 0.3 is 0 Å². The van der Waals surface area contributed by atoms with Gasteiger partial charge in [-0.05, 0) is 17.8 Å². The van der Waals surface area contributed by atoms with Crippen molar-refractivity contribution in [3.8, 4) is 0 Å². The van der Waals surface area contributed by atoms with E-state index in [1.807, 2.05) is 20.8 Å². The first-order valence-corrected chi connectivity index (χ1v) is 8.47. The number of carbonyl (C=O) groups excluding carboxylic acids is 1. The molecule has 0 N–H and O–H groups in total. The Morgan fingerprint density at radius 2 is 2.00 bits per heavy atom. The van der Waals surface area contributed by atoms with Crippen LogP contribution in [0.2, 0.25) is 0 Å². The molecule has 5 nitrogen and oxygen atoms in total. The first-order chi connectivity index (χ1) is 9.02. The maximum Gasteiger partial charge on any atom is 0.226 e. The first kappa shape index (κ1) is 15.2. The summed E-state index contributed by atoms with van der Waals surface area (Å²) in [6, 6.07) is 0. The average molecular weight is 296 g/mol. The molecule has 0 spiro atoms. The zero-order chi connectivity index (χ0) is 15.3. The van der Waals surface area contributed by atoms with E-state index in [0.29, 0.717) is 19.5 Å². The Morgan fingerprint density at radius 3 is 2.50 bits per heavy atom. The normalized spacial score (nSPS) is 34.0. The summed E-state index contributed by atoms with van der Waals surface area (Å²) in [5.74, 6) is -0.0613. The van der Waals surface area contributed by atoms with Gasteiger partial charge in [-0.1, -0.05) is 26.8 Å². The maximum atomic E-state index is 12.3. The monoisotopic (exact) mass is 296 g/mol. The van der Waals surface area contributed by atoms with Crippen molar-refractivity contribution >= 4 is 15.8 Å². The third-order valence-corrected chi connectivity index (χ3v) is 5.97. The molecule has 20 heavy (non-hydrogen) atoms. The van der Waals surface area contributed by atoms with Crippen LogP contribution in [0.4, 0.5) is 0 Å². The molecule has 2 aliphatic rings. The minimum Gasteiger partial charge on any atom is -0.307 e. The molecule has 0 bridgehead atoms. The van der Waals surface area contributed by atoms with E-state index in [9.17, 15) is 13.2 Å². The maximum absolute atomic E-state index is 12.3. The van der Waals surface area contributed by atoms with E-state index < -0.39 is 20.9 Å². The number of nitrogens with zero attached hydrogens (tertiary/aromatic N) is 2. The summed E-state index contributed by atoms with van der Waals surface area (Å²) in [6.07, 6.45) is 3.54. The number of ketones is 1. The highest BCUT2D eigenvalue weighted by Crippen LogP contribution is 2.52. The minimum absolute atomic E-state index is 0.0611. The third kappa shape index (κ3) is 2.19. The second kappa shape index (κ2) is 4.40. The van der Waals surface area contributed by atoms with Crippen LogP contribution in [0, 0.1) is 23.3 Å². The van der Waals surface area contributed by atoms with Gasteiger partial charge in [0.05, 0.1) is 12.8 Å². The number of allylic oxidation sites excluding steroid dienone is 1. The van der Waals surface area contributed by atoms with Crippen molar-refractivity contribution < 1.29 is 13.2 Å². The summed E-state index contributed by atoms with van der Waals surface area (Å²) in [6.45, 7) is 13.6. The second-order valence-corrected chi connectivity index (χ2v) is 8.62. The predicted molar refractivity (Wildman–Crippen MR) is 76.1 cm³/mol. The van der Waals surface area contributed by atoms with E-state index in [1.165, 1.54) is 10.6 Å². The van der Waals surface area contributed by atoms with Gasteiger partial charge in [-0.3, -0.25) is 0 Å². The molecule has 0 aromatic heterocycles. The molecule has 0 aromatic rings. The van der Waals surface area contributed by atoms with E-state index >= 15 is 0 Å². The lowest BCUT2D eigenvalue weighted by Crippen LogP contribution is -2.56. The van der Waals surface area contributed by atoms with Gasteiger partial charge in [0, 0.05) is 18.5 Å². The fraction of sp³-hybridized carbons (Fsp3) is 0.714. The third-order valence-electron chi connectivity index (χ3n) is 4.73. The van der Waals surface area contributed by atoms with Crippen molar-refractivity contribution in [1.82, 2.24) is 4.31 Å². The predicted octanol–water partition coefficient (Wildman–Crippen LogP) is 1.69. The number of Topliss-reactive ketones (excluding diaryl/α,β-unsaturated/α-hetero) is 1. The van der Waals surface area contributed by atoms with Crippen molar-refractivity contribution in [2.24, 2.45) is 16.7 Å². The zero-order valence-electron chi connectivity index (χ0n) is 12.3. The van der Waals surface area contributed by atoms with E-state index in [1.54, 1.807) is 6.08 Å². The van der Waals surface area contributed by atoms with Crippen LogP contribution in [0.25, 0.3) is 4.85 Å². The summed E-state index contributed by atoms with van der Waals surface area (Å²) in [7, 11) is -3.25. The number of piperidine rings is 1. The lowest BCUT2D eigenvalue weighted by Gasteiger charge is -2.52. The van der Waals surface area contributed by atoms with Crippen LogP contribution in [-0.4, -0.2) is 37.9 Å². The molecule has 1 saturated heterocycles. The molecule has 2 atom stereocenters. The van der Waals surface area contributed by atoms with Gasteiger partial charge in [0.1, 0.15) is 0 Å². The number of carbonyl (C=O) groups is 1. The molecule has 0 amide bonds. The van der Waals surface area contributed by atoms with Gasteiger partial charge in [0.25, 0.3) is 0 Å². The van der Waals surface area contributed by atoms with Crippen molar-refractivity contribution in [2.75, 3.05) is 19.3 Å². The number of fused-ring (bicyclic) bond motifs is 1. The largest absolute Gasteiger partial charge is 0.307 e. The summed E-state index contributed by atoms with van der Waals surface area (Å²) in [4.78, 5) is 15.7. The van der Waals surface area contributed by atoms with Gasteiger partial charge in [-0.2, -0.15) is 0 Å². The quantitative estimate of drug-likeness (QED) is 0.692. The Labute approximate surface area is 120 Å². The number of rotatable bonds is 1. The summed E-state index contributed by atoms with van der Waals surface area (Å²) < 4.78 is 25.0. The van der Waals surface area contributed by atoms with Gasteiger partial charge < -0.3 is 4.79 Å². The van der Waals surface area contributed by atoms with Gasteiger partial charge in [0.15, 0.2) is 5.78 Å². The summed E-state index contributed by atoms with van der Waals surface area (Å²) in [5, 5.41) is 0. The Kier molecular flexibility index (Phi) is 3.35. The molecule has 6 heteroatoms. The van der Waals surface area contributed by atoms with Crippen LogP contribution in [0.5, 0.6) is 0 Å². The number of hydrogen-bond donors (Lipinski definition) is 0. The van der Waals surface area contributed by atoms with Crippen molar-refractivity contribution in [3.63, 3.8) is 0 Å². The number of sulfonamides is 1. The molecular formula is C14H20N2O3S. The molecule has 1 heterocycles. The van der Waals surface area contributed by atoms with Crippen LogP contribution in [0.15, 0.2) is 11.8 Å². The van der Waals surface area contributed by atoms with Crippen LogP contribution >= 0.6 is 0 Å². The van der Waals surface area contributed by atoms with Crippen molar-refractivity contribution in [3.05, 3.63) is 23.2 Å². The van der Waals surface area contributed by atoms with Crippen LogP contribution < -0.4 is 0 Å². The first-order valence-electron chi connectivity index (χ1n) is 6.62. The lowest BCUT2D eigenvalue weighted by molar-refractivity contribution is -0.131. The average Bonchev–Trinajstić information content (AvgIpc) is 2.32. The van der Waals surface area contributed by atoms with Crippen LogP contribution in [-0.2, 0) is 14.8 Å². The van der Waals surface area contributed by atoms with Crippen LogP contribution in [0.1, 0.15) is 27.2 Å². The second-order valence-electron chi connectivity index (χ2n) is 6.64. The highest BCUT2D eigenvalue weighted by atomic mass is 32.2. The fourth-order valence-corrected chi connectivity index (χ4v) is 4.69. The molecule has 2 rings (SSSR count). The Morgan fingerprint density at radius 1 is 1.40 bits per heavy atom. The SMILES string of the molecule is [C-]#[N+]C1=C[C@@]2(C)CN(S(C)(=O)=O)CC[C@@H]2C(C)(C)C1=O. The molecule has 1 aliphatic heterocycles. The Hall–Kier alpha value is -1.19. The van der Waals surface area contributed by atoms with E-state index in [4.69, 9.17) is 6.57 Å². The van der Waals surface area contributed by atoms with E-state index in [2.05, 4.69) is 4.85 Å². The summed E-state index contributed by atoms with van der Waals surface area (Å²) >= 11 is 0. The minimum atomic E-state index is -3.25. The van der Waals surface area contributed by atoms with Gasteiger partial charge in [-0.15, -0.1) is 0 Å². The molecule has 110 valence electrons. The molecule has 0 saturated carbocycles. The molecule has 0 unspecified atom stereocenters. The van der Waals surface area contributed by atoms with E-state index in [-0.39, 0.29) is 17.4 Å². The highest BCUT2D eigenvalue weighted by molar-refractivity contribution is 7.88. The van der Waals surface area contributed by atoms with Gasteiger partial charge in [-0.25, -0.2) is 17.6 Å². The van der Waals surface area contributed by atoms with Gasteiger partial charge in [0.2, 0.25) is 15.7 Å². The molecular weight excluding hydrogens is 276 g/mol. The molecule has 0 radical (unpaired) electrons. The topological polar surface area (TPSA) is 58.8 Å². The molecule has 1 aliphatic carbocycles. The standard InChI is InChI=1S/C14H20N2O3S/c1-13(2)11-6-7-16(20(5,18)19)9-14(11,3)8-10(15-4)12(13)17/h8,11H,6-7,9H2,1-3,5H3/t11-,14+/m1/s1. The Balaban J connectivity index is 2.50. The molecule has 1 fully saturated rings. The van der Waals surface area contributed by atoms with Crippen LogP contribution in [0.3, 0.4) is 0 Å². The fourth-order valence-electron chi connectivity index (χ4n) is 3.74. The van der Waals surface area contributed by atoms with Crippen molar-refractivity contribution in [2.45, 2.75) is 27.2 Å². The zero-order valence-corrected chi connectivity index (χ0v) is 13.1. The number of hydrogen-bond acceptors (Lipinski definition) is 3. The Bertz CT molecular complexity index is 627. The summed E-state index contributed by atoms with van der Waals surface area (Å²) in [5.41, 5.74) is -0.935.